The SMILES string of the molecule is C[C@@H](C#N)c1cc(Cl)c2c(c1)CC(C)(C)O2. The summed E-state index contributed by atoms with van der Waals surface area (Å²) in [7, 11) is 0. The molecule has 2 rings (SSSR count). The van der Waals surface area contributed by atoms with E-state index in [9.17, 15) is 0 Å². The van der Waals surface area contributed by atoms with Crippen LogP contribution in [0.2, 0.25) is 5.02 Å². The molecule has 0 N–H and O–H groups in total. The van der Waals surface area contributed by atoms with Crippen molar-refractivity contribution in [2.45, 2.75) is 38.7 Å². The van der Waals surface area contributed by atoms with Crippen LogP contribution in [0.4, 0.5) is 0 Å². The molecule has 0 unspecified atom stereocenters. The van der Waals surface area contributed by atoms with Gasteiger partial charge in [0, 0.05) is 6.42 Å². The second-order valence-corrected chi connectivity index (χ2v) is 5.29. The van der Waals surface area contributed by atoms with Crippen LogP contribution in [0, 0.1) is 11.3 Å². The van der Waals surface area contributed by atoms with Gasteiger partial charge in [-0.15, -0.1) is 0 Å². The molecule has 0 saturated carbocycles. The van der Waals surface area contributed by atoms with Crippen LogP contribution < -0.4 is 4.74 Å². The van der Waals surface area contributed by atoms with Crippen LogP contribution in [-0.4, -0.2) is 5.60 Å². The largest absolute Gasteiger partial charge is 0.486 e. The van der Waals surface area contributed by atoms with E-state index < -0.39 is 0 Å². The van der Waals surface area contributed by atoms with E-state index >= 15 is 0 Å². The predicted octanol–water partition coefficient (Wildman–Crippen LogP) is 3.68. The zero-order chi connectivity index (χ0) is 11.9. The second-order valence-electron chi connectivity index (χ2n) is 4.88. The van der Waals surface area contributed by atoms with Gasteiger partial charge in [-0.05, 0) is 38.0 Å². The average molecular weight is 236 g/mol. The van der Waals surface area contributed by atoms with E-state index in [2.05, 4.69) is 6.07 Å². The van der Waals surface area contributed by atoms with Crippen molar-refractivity contribution in [3.05, 3.63) is 28.3 Å². The van der Waals surface area contributed by atoms with Gasteiger partial charge >= 0.3 is 0 Å². The fraction of sp³-hybridized carbons (Fsp3) is 0.462. The van der Waals surface area contributed by atoms with Gasteiger partial charge in [-0.25, -0.2) is 0 Å². The number of nitrogens with zero attached hydrogens (tertiary/aromatic N) is 1. The van der Waals surface area contributed by atoms with Crippen molar-refractivity contribution in [2.75, 3.05) is 0 Å². The molecule has 0 bridgehead atoms. The van der Waals surface area contributed by atoms with Crippen LogP contribution in [0.5, 0.6) is 5.75 Å². The molecule has 1 aromatic rings. The Morgan fingerprint density at radius 3 is 2.81 bits per heavy atom. The maximum Gasteiger partial charge on any atom is 0.142 e. The highest BCUT2D eigenvalue weighted by Crippen LogP contribution is 2.41. The third-order valence-corrected chi connectivity index (χ3v) is 3.11. The van der Waals surface area contributed by atoms with Crippen LogP contribution in [0.15, 0.2) is 12.1 Å². The molecule has 16 heavy (non-hydrogen) atoms. The number of halogens is 1. The molecule has 1 aromatic carbocycles. The maximum atomic E-state index is 8.91. The van der Waals surface area contributed by atoms with Crippen molar-refractivity contribution in [2.24, 2.45) is 0 Å². The summed E-state index contributed by atoms with van der Waals surface area (Å²) in [6.07, 6.45) is 0.841. The quantitative estimate of drug-likeness (QED) is 0.744. The summed E-state index contributed by atoms with van der Waals surface area (Å²) in [5.74, 6) is 0.645. The monoisotopic (exact) mass is 235 g/mol. The molecule has 0 fully saturated rings. The standard InChI is InChI=1S/C13H14ClNO/c1-8(7-15)9-4-10-6-13(2,3)16-12(10)11(14)5-9/h4-5,8H,6H2,1-3H3/t8-/m0/s1. The van der Waals surface area contributed by atoms with Gasteiger partial charge in [-0.3, -0.25) is 0 Å². The van der Waals surface area contributed by atoms with Crippen molar-refractivity contribution in [3.63, 3.8) is 0 Å². The second kappa shape index (κ2) is 3.68. The average Bonchev–Trinajstić information content (AvgIpc) is 2.52. The summed E-state index contributed by atoms with van der Waals surface area (Å²) >= 11 is 6.17. The fourth-order valence-corrected chi connectivity index (χ4v) is 2.30. The van der Waals surface area contributed by atoms with E-state index in [0.717, 1.165) is 23.3 Å². The Morgan fingerprint density at radius 1 is 1.50 bits per heavy atom. The maximum absolute atomic E-state index is 8.91. The van der Waals surface area contributed by atoms with Gasteiger partial charge in [0.15, 0.2) is 0 Å². The Balaban J connectivity index is 2.47. The minimum Gasteiger partial charge on any atom is -0.486 e. The first-order valence-electron chi connectivity index (χ1n) is 5.34. The number of rotatable bonds is 1. The lowest BCUT2D eigenvalue weighted by atomic mass is 9.96. The van der Waals surface area contributed by atoms with Crippen LogP contribution in [0.1, 0.15) is 37.8 Å². The van der Waals surface area contributed by atoms with E-state index in [1.807, 2.05) is 32.9 Å². The lowest BCUT2D eigenvalue weighted by Gasteiger charge is -2.17. The molecule has 1 heterocycles. The molecule has 1 atom stereocenters. The fourth-order valence-electron chi connectivity index (χ4n) is 2.01. The van der Waals surface area contributed by atoms with Gasteiger partial charge in [0.25, 0.3) is 0 Å². The minimum atomic E-state index is -0.194. The van der Waals surface area contributed by atoms with Crippen LogP contribution in [-0.2, 0) is 6.42 Å². The summed E-state index contributed by atoms with van der Waals surface area (Å²) in [6.45, 7) is 5.95. The van der Waals surface area contributed by atoms with E-state index in [4.69, 9.17) is 21.6 Å². The topological polar surface area (TPSA) is 33.0 Å². The first kappa shape index (κ1) is 11.3. The minimum absolute atomic E-state index is 0.133. The number of hydrogen-bond donors (Lipinski definition) is 0. The first-order chi connectivity index (χ1) is 7.43. The molecule has 84 valence electrons. The Labute approximate surface area is 101 Å². The van der Waals surface area contributed by atoms with Gasteiger partial charge in [0.05, 0.1) is 17.0 Å². The molecule has 0 radical (unpaired) electrons. The van der Waals surface area contributed by atoms with Crippen LogP contribution in [0.25, 0.3) is 0 Å². The molecule has 0 aromatic heterocycles. The molecule has 0 aliphatic carbocycles. The molecule has 0 saturated heterocycles. The molecule has 0 amide bonds. The predicted molar refractivity (Wildman–Crippen MR) is 63.9 cm³/mol. The number of benzene rings is 1. The summed E-state index contributed by atoms with van der Waals surface area (Å²) in [4.78, 5) is 0. The normalized spacial score (nSPS) is 18.4. The lowest BCUT2D eigenvalue weighted by molar-refractivity contribution is 0.138. The van der Waals surface area contributed by atoms with Gasteiger partial charge in [-0.1, -0.05) is 17.7 Å². The zero-order valence-corrected chi connectivity index (χ0v) is 10.4. The summed E-state index contributed by atoms with van der Waals surface area (Å²) < 4.78 is 5.78. The Morgan fingerprint density at radius 2 is 2.19 bits per heavy atom. The van der Waals surface area contributed by atoms with Crippen molar-refractivity contribution < 1.29 is 4.74 Å². The highest BCUT2D eigenvalue weighted by atomic mass is 35.5. The molecule has 1 aliphatic heterocycles. The number of nitriles is 1. The van der Waals surface area contributed by atoms with E-state index in [1.165, 1.54) is 0 Å². The summed E-state index contributed by atoms with van der Waals surface area (Å²) in [6, 6.07) is 6.08. The van der Waals surface area contributed by atoms with E-state index in [1.54, 1.807) is 0 Å². The summed E-state index contributed by atoms with van der Waals surface area (Å²) in [5, 5.41) is 9.52. The van der Waals surface area contributed by atoms with Crippen molar-refractivity contribution in [1.82, 2.24) is 0 Å². The Hall–Kier alpha value is -1.20. The zero-order valence-electron chi connectivity index (χ0n) is 9.67. The van der Waals surface area contributed by atoms with Crippen molar-refractivity contribution >= 4 is 11.6 Å². The smallest absolute Gasteiger partial charge is 0.142 e. The number of ether oxygens (including phenoxy) is 1. The molecule has 1 aliphatic rings. The van der Waals surface area contributed by atoms with Gasteiger partial charge in [0.1, 0.15) is 11.4 Å². The summed E-state index contributed by atoms with van der Waals surface area (Å²) in [5.41, 5.74) is 1.88. The third kappa shape index (κ3) is 1.88. The van der Waals surface area contributed by atoms with Crippen molar-refractivity contribution in [1.29, 1.82) is 5.26 Å². The van der Waals surface area contributed by atoms with Crippen LogP contribution >= 0.6 is 11.6 Å². The van der Waals surface area contributed by atoms with Gasteiger partial charge < -0.3 is 4.74 Å². The third-order valence-electron chi connectivity index (χ3n) is 2.83. The number of hydrogen-bond acceptors (Lipinski definition) is 2. The van der Waals surface area contributed by atoms with Gasteiger partial charge in [0.2, 0.25) is 0 Å². The van der Waals surface area contributed by atoms with Gasteiger partial charge in [-0.2, -0.15) is 5.26 Å². The van der Waals surface area contributed by atoms with Crippen LogP contribution in [0.3, 0.4) is 0 Å². The van der Waals surface area contributed by atoms with E-state index in [-0.39, 0.29) is 11.5 Å². The molecule has 3 heteroatoms. The Bertz CT molecular complexity index is 474. The molecular formula is C13H14ClNO. The molecule has 2 nitrogen and oxygen atoms in total. The highest BCUT2D eigenvalue weighted by Gasteiger charge is 2.32. The molecular weight excluding hydrogens is 222 g/mol. The highest BCUT2D eigenvalue weighted by molar-refractivity contribution is 6.32. The van der Waals surface area contributed by atoms with Crippen molar-refractivity contribution in [3.8, 4) is 11.8 Å². The van der Waals surface area contributed by atoms with E-state index in [0.29, 0.717) is 5.02 Å². The lowest BCUT2D eigenvalue weighted by Crippen LogP contribution is -2.24. The number of fused-ring (bicyclic) bond motifs is 1. The first-order valence-corrected chi connectivity index (χ1v) is 5.72. The Kier molecular flexibility index (Phi) is 2.59. The molecule has 0 spiro atoms.